The number of ether oxygens (including phenoxy) is 1. The van der Waals surface area contributed by atoms with Crippen LogP contribution in [0.3, 0.4) is 0 Å². The second kappa shape index (κ2) is 14.7. The van der Waals surface area contributed by atoms with Crippen LogP contribution in [-0.4, -0.2) is 54.7 Å². The summed E-state index contributed by atoms with van der Waals surface area (Å²) >= 11 is 3.99. The number of phosphoric acid groups is 2. The van der Waals surface area contributed by atoms with Crippen molar-refractivity contribution >= 4 is 51.2 Å². The van der Waals surface area contributed by atoms with E-state index in [0.717, 1.165) is 6.33 Å². The van der Waals surface area contributed by atoms with Gasteiger partial charge in [-0.15, -0.1) is 0 Å². The molecule has 2 aromatic heterocycles. The minimum atomic E-state index is -5.92. The summed E-state index contributed by atoms with van der Waals surface area (Å²) < 4.78 is 40.3. The standard InChI is InChI=1S/C10H16N5O12P3S.4Li/c11-8-5-9(13-2-12-8)15(3-14-5)10-7(17)6(16)4(25-10)1-24-29(21,22)27-30(23,31)26-28(18,19)20;;;;/h2-4,6-7,10,16-17H,1H2,(H,21,22)(H,23,31)(H2,11,12,13)(H2,18,19,20);;;;/q;4*+1/p-4/t4-,6-,7-,10-,30?;;;;/m1..../s1. The van der Waals surface area contributed by atoms with Gasteiger partial charge in [0, 0.05) is 0 Å². The van der Waals surface area contributed by atoms with Crippen molar-refractivity contribution in [2.75, 3.05) is 12.3 Å². The van der Waals surface area contributed by atoms with Crippen molar-refractivity contribution in [3.05, 3.63) is 12.7 Å². The molecule has 0 spiro atoms. The largest absolute Gasteiger partial charge is 1.00 e. The van der Waals surface area contributed by atoms with Gasteiger partial charge in [0.05, 0.1) is 20.8 Å². The van der Waals surface area contributed by atoms with Crippen molar-refractivity contribution in [1.82, 2.24) is 19.5 Å². The number of phosphoric ester groups is 1. The summed E-state index contributed by atoms with van der Waals surface area (Å²) in [5.41, 5.74) is 5.99. The minimum absolute atomic E-state index is 0. The molecule has 0 aromatic carbocycles. The van der Waals surface area contributed by atoms with Crippen LogP contribution in [0.4, 0.5) is 5.82 Å². The topological polar surface area (TPSA) is 273 Å². The second-order valence-corrected chi connectivity index (χ2v) is 11.5. The van der Waals surface area contributed by atoms with Gasteiger partial charge in [0.2, 0.25) is 0 Å². The summed E-state index contributed by atoms with van der Waals surface area (Å²) in [7, 11) is -11.5. The van der Waals surface area contributed by atoms with Crippen molar-refractivity contribution in [3.8, 4) is 0 Å². The average molecular weight is 547 g/mol. The predicted octanol–water partition coefficient (Wildman–Crippen LogP) is -16.0. The smallest absolute Gasteiger partial charge is 0.790 e. The molecule has 3 rings (SSSR count). The van der Waals surface area contributed by atoms with Crippen LogP contribution in [0.2, 0.25) is 0 Å². The Kier molecular flexibility index (Phi) is 16.2. The van der Waals surface area contributed by atoms with Gasteiger partial charge in [-0.1, -0.05) is 11.8 Å². The maximum atomic E-state index is 11.7. The van der Waals surface area contributed by atoms with Gasteiger partial charge in [0.25, 0.3) is 7.82 Å². The van der Waals surface area contributed by atoms with Crippen LogP contribution in [0.25, 0.3) is 11.2 Å². The molecule has 0 radical (unpaired) electrons. The summed E-state index contributed by atoms with van der Waals surface area (Å²) in [5, 5.41) is 20.4. The van der Waals surface area contributed by atoms with E-state index < -0.39 is 53.5 Å². The molecule has 0 amide bonds. The molecular weight excluding hydrogens is 535 g/mol. The summed E-state index contributed by atoms with van der Waals surface area (Å²) in [6, 6.07) is 0. The maximum absolute atomic E-state index is 11.7. The average Bonchev–Trinajstić information content (AvgIpc) is 3.13. The van der Waals surface area contributed by atoms with Gasteiger partial charge < -0.3 is 53.7 Å². The first-order valence-electron chi connectivity index (χ1n) is 7.85. The zero-order chi connectivity index (χ0) is 23.2. The molecule has 0 saturated carbocycles. The number of aliphatic hydroxyl groups excluding tert-OH is 2. The molecular formula is C10H12Li4N5O12P3S. The van der Waals surface area contributed by atoms with Gasteiger partial charge in [0.1, 0.15) is 36.9 Å². The Morgan fingerprint density at radius 1 is 1.06 bits per heavy atom. The van der Waals surface area contributed by atoms with Crippen molar-refractivity contribution in [1.29, 1.82) is 0 Å². The van der Waals surface area contributed by atoms with E-state index in [4.69, 9.17) is 10.5 Å². The Morgan fingerprint density at radius 3 is 2.23 bits per heavy atom. The Balaban J connectivity index is 0. The van der Waals surface area contributed by atoms with Crippen LogP contribution in [-0.2, 0) is 38.8 Å². The van der Waals surface area contributed by atoms with Crippen molar-refractivity contribution in [3.63, 3.8) is 0 Å². The van der Waals surface area contributed by atoms with Gasteiger partial charge >= 0.3 is 75.4 Å². The fourth-order valence-corrected chi connectivity index (χ4v) is 6.94. The molecule has 1 fully saturated rings. The maximum Gasteiger partial charge on any atom is 1.00 e. The number of hydrogen-bond donors (Lipinski definition) is 3. The number of nitrogen functional groups attached to an aromatic ring is 1. The number of nitrogens with two attached hydrogens (primary N) is 1. The third kappa shape index (κ3) is 10.2. The van der Waals surface area contributed by atoms with Gasteiger partial charge in [-0.2, -0.15) is 0 Å². The van der Waals surface area contributed by atoms with E-state index >= 15 is 0 Å². The number of rotatable bonds is 8. The van der Waals surface area contributed by atoms with E-state index in [1.54, 1.807) is 0 Å². The van der Waals surface area contributed by atoms with Crippen molar-refractivity contribution in [2.24, 2.45) is 0 Å². The molecule has 6 atom stereocenters. The summed E-state index contributed by atoms with van der Waals surface area (Å²) in [6.45, 7) is -6.29. The zero-order valence-electron chi connectivity index (χ0n) is 18.8. The van der Waals surface area contributed by atoms with Crippen LogP contribution < -0.4 is 101 Å². The molecule has 0 bridgehead atoms. The van der Waals surface area contributed by atoms with Gasteiger partial charge in [-0.05, 0) is 0 Å². The first-order valence-corrected chi connectivity index (χ1v) is 13.3. The molecule has 1 aliphatic rings. The number of aromatic nitrogens is 4. The van der Waals surface area contributed by atoms with Crippen LogP contribution in [0, 0.1) is 0 Å². The van der Waals surface area contributed by atoms with E-state index in [1.807, 2.05) is 0 Å². The predicted molar refractivity (Wildman–Crippen MR) is 93.3 cm³/mol. The summed E-state index contributed by atoms with van der Waals surface area (Å²) in [4.78, 5) is 55.8. The van der Waals surface area contributed by atoms with Gasteiger partial charge in [-0.3, -0.25) is 13.4 Å². The zero-order valence-corrected chi connectivity index (χ0v) is 22.3. The summed E-state index contributed by atoms with van der Waals surface area (Å²) in [6.07, 6.45) is -3.74. The van der Waals surface area contributed by atoms with E-state index in [9.17, 15) is 38.9 Å². The fourth-order valence-electron chi connectivity index (χ4n) is 2.60. The summed E-state index contributed by atoms with van der Waals surface area (Å²) in [5.74, 6) is 0.0392. The molecule has 174 valence electrons. The SMILES string of the molecule is Nc1ncnc2c1ncn2[C@@H]1O[C@H](COP(=O)([O-])OP([O-])(=S)OP(=O)([O-])[O-])[C@@H](O)[C@H]1O.[Li+].[Li+].[Li+].[Li+]. The molecule has 2 unspecified atom stereocenters. The number of imidazole rings is 1. The van der Waals surface area contributed by atoms with Gasteiger partial charge in [-0.25, -0.2) is 15.0 Å². The monoisotopic (exact) mass is 547 g/mol. The Bertz CT molecular complexity index is 1130. The molecule has 3 heterocycles. The normalized spacial score (nSPS) is 25.2. The number of anilines is 1. The molecule has 35 heavy (non-hydrogen) atoms. The Labute approximate surface area is 250 Å². The molecule has 4 N–H and O–H groups in total. The minimum Gasteiger partial charge on any atom is -0.790 e. The van der Waals surface area contributed by atoms with Crippen LogP contribution in [0.5, 0.6) is 0 Å². The van der Waals surface area contributed by atoms with Gasteiger partial charge in [0.15, 0.2) is 17.7 Å². The molecule has 1 aliphatic heterocycles. The fraction of sp³-hybridized carbons (Fsp3) is 0.500. The third-order valence-electron chi connectivity index (χ3n) is 3.80. The number of aliphatic hydroxyl groups is 2. The first kappa shape index (κ1) is 38.6. The van der Waals surface area contributed by atoms with E-state index in [0.29, 0.717) is 0 Å². The number of fused-ring (bicyclic) bond motifs is 1. The first-order chi connectivity index (χ1) is 14.2. The molecule has 25 heteroatoms. The number of nitrogens with zero attached hydrogens (tertiary/aromatic N) is 4. The van der Waals surface area contributed by atoms with E-state index in [1.165, 1.54) is 10.9 Å². The van der Waals surface area contributed by atoms with Crippen LogP contribution in [0.15, 0.2) is 12.7 Å². The van der Waals surface area contributed by atoms with Crippen molar-refractivity contribution < 1.29 is 132 Å². The molecule has 0 aliphatic carbocycles. The molecule has 17 nitrogen and oxygen atoms in total. The van der Waals surface area contributed by atoms with Crippen LogP contribution in [0.1, 0.15) is 6.23 Å². The molecule has 1 saturated heterocycles. The van der Waals surface area contributed by atoms with E-state index in [-0.39, 0.29) is 92.4 Å². The second-order valence-electron chi connectivity index (χ2n) is 5.93. The quantitative estimate of drug-likeness (QED) is 0.204. The van der Waals surface area contributed by atoms with E-state index in [2.05, 4.69) is 39.9 Å². The number of hydrogen-bond acceptors (Lipinski definition) is 17. The third-order valence-corrected chi connectivity index (χ3v) is 8.66. The van der Waals surface area contributed by atoms with Crippen molar-refractivity contribution in [2.45, 2.75) is 24.5 Å². The van der Waals surface area contributed by atoms with Crippen LogP contribution >= 0.6 is 22.4 Å². The molecule has 2 aromatic rings. The Morgan fingerprint density at radius 2 is 1.66 bits per heavy atom. The Hall–Kier alpha value is 1.45.